The molecule has 1 aliphatic carbocycles. The fourth-order valence-electron chi connectivity index (χ4n) is 4.86. The summed E-state index contributed by atoms with van der Waals surface area (Å²) in [6.45, 7) is 3.82. The Hall–Kier alpha value is -2.29. The zero-order valence-electron chi connectivity index (χ0n) is 20.4. The number of piperidine rings is 1. The highest BCUT2D eigenvalue weighted by Crippen LogP contribution is 2.37. The molecule has 0 spiro atoms. The Morgan fingerprint density at radius 1 is 1.17 bits per heavy atom. The molecule has 1 unspecified atom stereocenters. The van der Waals surface area contributed by atoms with E-state index in [0.29, 0.717) is 36.8 Å². The van der Waals surface area contributed by atoms with Crippen LogP contribution in [0.3, 0.4) is 0 Å². The van der Waals surface area contributed by atoms with E-state index in [9.17, 15) is 23.1 Å². The Kier molecular flexibility index (Phi) is 8.48. The predicted octanol–water partition coefficient (Wildman–Crippen LogP) is 6.30. The van der Waals surface area contributed by atoms with Crippen LogP contribution in [-0.4, -0.2) is 41.3 Å². The Morgan fingerprint density at radius 3 is 2.50 bits per heavy atom. The summed E-state index contributed by atoms with van der Waals surface area (Å²) in [5.74, 6) is 0.120. The van der Waals surface area contributed by atoms with Crippen molar-refractivity contribution in [3.63, 3.8) is 0 Å². The van der Waals surface area contributed by atoms with Gasteiger partial charge in [0.05, 0.1) is 22.3 Å². The topological polar surface area (TPSA) is 55.8 Å². The van der Waals surface area contributed by atoms with Gasteiger partial charge in [-0.1, -0.05) is 37.1 Å². The number of hydrogen-bond acceptors (Lipinski definition) is 4. The van der Waals surface area contributed by atoms with Crippen molar-refractivity contribution in [2.45, 2.75) is 70.4 Å². The van der Waals surface area contributed by atoms with Crippen molar-refractivity contribution in [3.05, 3.63) is 58.6 Å². The summed E-state index contributed by atoms with van der Waals surface area (Å²) in [7, 11) is 0. The van der Waals surface area contributed by atoms with Crippen LogP contribution < -0.4 is 10.2 Å². The predicted molar refractivity (Wildman–Crippen MR) is 136 cm³/mol. The summed E-state index contributed by atoms with van der Waals surface area (Å²) in [6.07, 6.45) is 0.528. The number of nitrogens with zero attached hydrogens (tertiary/aromatic N) is 2. The standard InChI is InChI=1S/C27H33ClF3N3O2/c1-2-14-33(17-18-6-10-20(11-7-18)27(29,30)31)23-13-12-21(16-22(23)28)32-25(35)24-5-3-4-15-34(24)26(36)19-8-9-19/h6-7,10-13,16,19,24,26,36H,2-5,8-9,14-15,17H2,1H3,(H,32,35)/t24-,26?/m1/s1. The maximum absolute atomic E-state index is 13.1. The molecule has 2 N–H and O–H groups in total. The van der Waals surface area contributed by atoms with Gasteiger partial charge in [0.15, 0.2) is 0 Å². The van der Waals surface area contributed by atoms with Crippen molar-refractivity contribution >= 4 is 28.9 Å². The lowest BCUT2D eigenvalue weighted by Crippen LogP contribution is -2.52. The summed E-state index contributed by atoms with van der Waals surface area (Å²) < 4.78 is 38.7. The Balaban J connectivity index is 1.44. The maximum Gasteiger partial charge on any atom is 0.416 e. The molecule has 4 rings (SSSR count). The van der Waals surface area contributed by atoms with E-state index in [1.54, 1.807) is 12.1 Å². The Bertz CT molecular complexity index is 1040. The molecule has 2 atom stereocenters. The van der Waals surface area contributed by atoms with Gasteiger partial charge in [-0.15, -0.1) is 0 Å². The maximum atomic E-state index is 13.1. The molecule has 0 aromatic heterocycles. The van der Waals surface area contributed by atoms with Crippen LogP contribution in [0.2, 0.25) is 5.02 Å². The van der Waals surface area contributed by atoms with E-state index in [0.717, 1.165) is 55.5 Å². The third-order valence-corrected chi connectivity index (χ3v) is 7.24. The molecule has 1 aliphatic heterocycles. The van der Waals surface area contributed by atoms with Crippen molar-refractivity contribution in [1.29, 1.82) is 0 Å². The van der Waals surface area contributed by atoms with Gasteiger partial charge in [-0.05, 0) is 73.9 Å². The van der Waals surface area contributed by atoms with Crippen LogP contribution in [0.1, 0.15) is 56.6 Å². The molecule has 0 radical (unpaired) electrons. The summed E-state index contributed by atoms with van der Waals surface area (Å²) in [5.41, 5.74) is 1.40. The van der Waals surface area contributed by atoms with E-state index in [2.05, 4.69) is 5.32 Å². The van der Waals surface area contributed by atoms with E-state index in [1.807, 2.05) is 22.8 Å². The molecular weight excluding hydrogens is 491 g/mol. The number of carbonyl (C=O) groups excluding carboxylic acids is 1. The Labute approximate surface area is 215 Å². The van der Waals surface area contributed by atoms with Crippen LogP contribution in [0.25, 0.3) is 0 Å². The van der Waals surface area contributed by atoms with Gasteiger partial charge in [0.2, 0.25) is 5.91 Å². The summed E-state index contributed by atoms with van der Waals surface area (Å²) in [4.78, 5) is 17.0. The molecule has 2 aromatic carbocycles. The van der Waals surface area contributed by atoms with Crippen molar-refractivity contribution in [2.24, 2.45) is 5.92 Å². The van der Waals surface area contributed by atoms with Crippen molar-refractivity contribution in [3.8, 4) is 0 Å². The number of benzene rings is 2. The van der Waals surface area contributed by atoms with E-state index in [1.165, 1.54) is 12.1 Å². The summed E-state index contributed by atoms with van der Waals surface area (Å²) in [5, 5.41) is 14.0. The first-order valence-corrected chi connectivity index (χ1v) is 13.0. The van der Waals surface area contributed by atoms with Gasteiger partial charge in [-0.25, -0.2) is 0 Å². The second-order valence-electron chi connectivity index (χ2n) is 9.77. The molecule has 1 saturated carbocycles. The minimum absolute atomic E-state index is 0.145. The van der Waals surface area contributed by atoms with E-state index < -0.39 is 18.0 Å². The second-order valence-corrected chi connectivity index (χ2v) is 10.2. The number of carbonyl (C=O) groups is 1. The van der Waals surface area contributed by atoms with Crippen LogP contribution >= 0.6 is 11.6 Å². The highest BCUT2D eigenvalue weighted by atomic mass is 35.5. The molecule has 196 valence electrons. The van der Waals surface area contributed by atoms with Crippen molar-refractivity contribution < 1.29 is 23.1 Å². The van der Waals surface area contributed by atoms with Gasteiger partial charge in [0.25, 0.3) is 0 Å². The zero-order chi connectivity index (χ0) is 25.9. The number of anilines is 2. The first-order chi connectivity index (χ1) is 17.2. The fraction of sp³-hybridized carbons (Fsp3) is 0.519. The molecule has 2 fully saturated rings. The highest BCUT2D eigenvalue weighted by Gasteiger charge is 2.40. The SMILES string of the molecule is CCCN(Cc1ccc(C(F)(F)F)cc1)c1ccc(NC(=O)[C@H]2CCCCN2C(O)C2CC2)cc1Cl. The molecular formula is C27H33ClF3N3O2. The number of hydrogen-bond donors (Lipinski definition) is 2. The van der Waals surface area contributed by atoms with Crippen LogP contribution in [0.4, 0.5) is 24.5 Å². The Morgan fingerprint density at radius 2 is 1.89 bits per heavy atom. The van der Waals surface area contributed by atoms with Gasteiger partial charge in [-0.2, -0.15) is 13.2 Å². The number of nitrogens with one attached hydrogen (secondary N) is 1. The lowest BCUT2D eigenvalue weighted by molar-refractivity contribution is -0.137. The second kappa shape index (κ2) is 11.4. The number of halogens is 4. The smallest absolute Gasteiger partial charge is 0.378 e. The molecule has 5 nitrogen and oxygen atoms in total. The van der Waals surface area contributed by atoms with Gasteiger partial charge in [0, 0.05) is 25.3 Å². The third-order valence-electron chi connectivity index (χ3n) is 6.93. The van der Waals surface area contributed by atoms with E-state index in [-0.39, 0.29) is 17.9 Å². The summed E-state index contributed by atoms with van der Waals surface area (Å²) in [6, 6.07) is 10.1. The number of aliphatic hydroxyl groups is 1. The van der Waals surface area contributed by atoms with Crippen LogP contribution in [0.15, 0.2) is 42.5 Å². The molecule has 36 heavy (non-hydrogen) atoms. The number of rotatable bonds is 9. The van der Waals surface area contributed by atoms with Gasteiger partial charge in [0.1, 0.15) is 6.23 Å². The third kappa shape index (κ3) is 6.52. The lowest BCUT2D eigenvalue weighted by atomic mass is 10.00. The van der Waals surface area contributed by atoms with E-state index >= 15 is 0 Å². The quantitative estimate of drug-likeness (QED) is 0.405. The molecule has 2 aromatic rings. The first-order valence-electron chi connectivity index (χ1n) is 12.6. The van der Waals surface area contributed by atoms with E-state index in [4.69, 9.17) is 11.6 Å². The first kappa shape index (κ1) is 26.8. The lowest BCUT2D eigenvalue weighted by Gasteiger charge is -2.38. The van der Waals surface area contributed by atoms with Crippen LogP contribution in [-0.2, 0) is 17.5 Å². The largest absolute Gasteiger partial charge is 0.416 e. The monoisotopic (exact) mass is 523 g/mol. The molecule has 0 bridgehead atoms. The van der Waals surface area contributed by atoms with Crippen molar-refractivity contribution in [1.82, 2.24) is 4.90 Å². The molecule has 1 heterocycles. The van der Waals surface area contributed by atoms with Gasteiger partial charge < -0.3 is 15.3 Å². The normalized spacial score (nSPS) is 19.7. The van der Waals surface area contributed by atoms with Gasteiger partial charge >= 0.3 is 6.18 Å². The van der Waals surface area contributed by atoms with Gasteiger partial charge in [-0.3, -0.25) is 9.69 Å². The molecule has 1 saturated heterocycles. The van der Waals surface area contributed by atoms with Crippen molar-refractivity contribution in [2.75, 3.05) is 23.3 Å². The zero-order valence-corrected chi connectivity index (χ0v) is 21.2. The number of alkyl halides is 3. The molecule has 9 heteroatoms. The van der Waals surface area contributed by atoms with Crippen LogP contribution in [0, 0.1) is 5.92 Å². The average Bonchev–Trinajstić information content (AvgIpc) is 3.69. The van der Waals surface area contributed by atoms with Crippen LogP contribution in [0.5, 0.6) is 0 Å². The average molecular weight is 524 g/mol. The number of amides is 1. The number of likely N-dealkylation sites (tertiary alicyclic amines) is 1. The molecule has 1 amide bonds. The summed E-state index contributed by atoms with van der Waals surface area (Å²) >= 11 is 6.62. The minimum atomic E-state index is -4.37. The fourth-order valence-corrected chi connectivity index (χ4v) is 5.16. The number of aliphatic hydroxyl groups excluding tert-OH is 1. The minimum Gasteiger partial charge on any atom is -0.378 e. The molecule has 2 aliphatic rings. The highest BCUT2D eigenvalue weighted by molar-refractivity contribution is 6.33.